The van der Waals surface area contributed by atoms with Crippen LogP contribution in [0.4, 0.5) is 0 Å². The first kappa shape index (κ1) is 59.4. The Morgan fingerprint density at radius 1 is 0.311 bits per heavy atom. The normalized spacial score (nSPS) is 12.0. The van der Waals surface area contributed by atoms with E-state index in [0.29, 0.717) is 19.3 Å². The summed E-state index contributed by atoms with van der Waals surface area (Å²) in [6.45, 7) is 11.4. The smallest absolute Gasteiger partial charge is 0.306 e. The van der Waals surface area contributed by atoms with E-state index < -0.39 is 6.10 Å². The lowest BCUT2D eigenvalue weighted by atomic mass is 10.0. The number of esters is 3. The minimum absolute atomic E-state index is 0.0640. The van der Waals surface area contributed by atoms with Crippen LogP contribution in [0.15, 0.2) is 0 Å². The quantitative estimate of drug-likeness (QED) is 0.0344. The summed E-state index contributed by atoms with van der Waals surface area (Å²) in [6.07, 6.45) is 49.6. The highest BCUT2D eigenvalue weighted by atomic mass is 16.6. The standard InChI is InChI=1S/C55H106O6/c1-6-7-8-9-10-11-12-22-25-30-35-40-45-53(56)59-48-52(61-55(58)47-42-37-32-27-29-34-39-44-51(4)5)49-60-54(57)46-41-36-31-26-23-20-18-16-14-13-15-17-19-21-24-28-33-38-43-50(2)3/h50-52H,6-49H2,1-5H3/t52-/m1/s1. The molecule has 6 nitrogen and oxygen atoms in total. The maximum Gasteiger partial charge on any atom is 0.306 e. The second-order valence-corrected chi connectivity index (χ2v) is 19.8. The van der Waals surface area contributed by atoms with Crippen molar-refractivity contribution < 1.29 is 28.6 Å². The van der Waals surface area contributed by atoms with E-state index in [1.54, 1.807) is 0 Å². The van der Waals surface area contributed by atoms with Crippen molar-refractivity contribution in [2.24, 2.45) is 11.8 Å². The number of rotatable bonds is 49. The van der Waals surface area contributed by atoms with Crippen molar-refractivity contribution in [1.29, 1.82) is 0 Å². The molecular formula is C55H106O6. The first-order chi connectivity index (χ1) is 29.7. The third kappa shape index (κ3) is 49.3. The molecule has 0 heterocycles. The molecule has 0 saturated heterocycles. The van der Waals surface area contributed by atoms with Gasteiger partial charge in [-0.1, -0.05) is 266 Å². The van der Waals surface area contributed by atoms with E-state index in [-0.39, 0.29) is 31.1 Å². The molecule has 0 aliphatic heterocycles. The third-order valence-corrected chi connectivity index (χ3v) is 12.5. The van der Waals surface area contributed by atoms with Crippen molar-refractivity contribution in [2.45, 2.75) is 310 Å². The second-order valence-electron chi connectivity index (χ2n) is 19.8. The Hall–Kier alpha value is -1.59. The molecule has 6 heteroatoms. The summed E-state index contributed by atoms with van der Waals surface area (Å²) in [4.78, 5) is 37.9. The van der Waals surface area contributed by atoms with Gasteiger partial charge in [0.05, 0.1) is 0 Å². The lowest BCUT2D eigenvalue weighted by molar-refractivity contribution is -0.167. The molecule has 0 aromatic rings. The molecule has 0 fully saturated rings. The summed E-state index contributed by atoms with van der Waals surface area (Å²) in [5, 5.41) is 0. The number of carbonyl (C=O) groups excluding carboxylic acids is 3. The molecule has 362 valence electrons. The molecule has 0 saturated carbocycles. The van der Waals surface area contributed by atoms with Gasteiger partial charge in [0.25, 0.3) is 0 Å². The molecule has 0 bridgehead atoms. The molecule has 0 aromatic heterocycles. The topological polar surface area (TPSA) is 78.9 Å². The van der Waals surface area contributed by atoms with Gasteiger partial charge in [0.1, 0.15) is 13.2 Å². The van der Waals surface area contributed by atoms with Gasteiger partial charge in [-0.3, -0.25) is 14.4 Å². The van der Waals surface area contributed by atoms with Crippen molar-refractivity contribution in [3.63, 3.8) is 0 Å². The fourth-order valence-electron chi connectivity index (χ4n) is 8.34. The van der Waals surface area contributed by atoms with Crippen LogP contribution >= 0.6 is 0 Å². The van der Waals surface area contributed by atoms with E-state index in [2.05, 4.69) is 34.6 Å². The minimum atomic E-state index is -0.762. The van der Waals surface area contributed by atoms with Gasteiger partial charge in [-0.25, -0.2) is 0 Å². The number of hydrogen-bond donors (Lipinski definition) is 0. The molecule has 0 spiro atoms. The van der Waals surface area contributed by atoms with Gasteiger partial charge in [0.15, 0.2) is 6.10 Å². The Morgan fingerprint density at radius 3 is 0.803 bits per heavy atom. The maximum atomic E-state index is 12.7. The molecule has 0 aromatic carbocycles. The first-order valence-electron chi connectivity index (χ1n) is 27.2. The van der Waals surface area contributed by atoms with Gasteiger partial charge in [-0.2, -0.15) is 0 Å². The van der Waals surface area contributed by atoms with Gasteiger partial charge >= 0.3 is 17.9 Å². The highest BCUT2D eigenvalue weighted by molar-refractivity contribution is 5.71. The highest BCUT2D eigenvalue weighted by Gasteiger charge is 2.19. The van der Waals surface area contributed by atoms with Crippen LogP contribution < -0.4 is 0 Å². The molecule has 0 aliphatic carbocycles. The zero-order valence-corrected chi connectivity index (χ0v) is 41.8. The molecule has 1 atom stereocenters. The van der Waals surface area contributed by atoms with Crippen molar-refractivity contribution in [3.05, 3.63) is 0 Å². The monoisotopic (exact) mass is 863 g/mol. The summed E-state index contributed by atoms with van der Waals surface area (Å²) in [6, 6.07) is 0. The summed E-state index contributed by atoms with van der Waals surface area (Å²) >= 11 is 0. The average Bonchev–Trinajstić information content (AvgIpc) is 3.23. The number of ether oxygens (including phenoxy) is 3. The van der Waals surface area contributed by atoms with Gasteiger partial charge in [-0.05, 0) is 31.1 Å². The van der Waals surface area contributed by atoms with E-state index in [4.69, 9.17) is 14.2 Å². The summed E-state index contributed by atoms with van der Waals surface area (Å²) in [5.74, 6) is 0.788. The van der Waals surface area contributed by atoms with Crippen LogP contribution in [0.1, 0.15) is 304 Å². The van der Waals surface area contributed by atoms with Crippen LogP contribution in [0.25, 0.3) is 0 Å². The predicted molar refractivity (Wildman–Crippen MR) is 261 cm³/mol. The van der Waals surface area contributed by atoms with Crippen LogP contribution in [0.2, 0.25) is 0 Å². The number of unbranched alkanes of at least 4 members (excludes halogenated alkanes) is 34. The van der Waals surface area contributed by atoms with E-state index in [9.17, 15) is 14.4 Å². The molecule has 0 radical (unpaired) electrons. The van der Waals surface area contributed by atoms with Crippen LogP contribution in [-0.4, -0.2) is 37.2 Å². The zero-order valence-electron chi connectivity index (χ0n) is 41.8. The van der Waals surface area contributed by atoms with Crippen LogP contribution in [0.5, 0.6) is 0 Å². The van der Waals surface area contributed by atoms with Gasteiger partial charge < -0.3 is 14.2 Å². The lowest BCUT2D eigenvalue weighted by Crippen LogP contribution is -2.30. The zero-order chi connectivity index (χ0) is 44.7. The number of hydrogen-bond acceptors (Lipinski definition) is 6. The fourth-order valence-corrected chi connectivity index (χ4v) is 8.34. The summed E-state index contributed by atoms with van der Waals surface area (Å²) in [7, 11) is 0. The summed E-state index contributed by atoms with van der Waals surface area (Å²) < 4.78 is 16.8. The molecule has 0 rings (SSSR count). The van der Waals surface area contributed by atoms with Crippen LogP contribution in [0, 0.1) is 11.8 Å². The average molecular weight is 863 g/mol. The fraction of sp³-hybridized carbons (Fsp3) is 0.945. The predicted octanol–water partition coefficient (Wildman–Crippen LogP) is 17.7. The largest absolute Gasteiger partial charge is 0.462 e. The van der Waals surface area contributed by atoms with E-state index in [1.165, 1.54) is 193 Å². The third-order valence-electron chi connectivity index (χ3n) is 12.5. The van der Waals surface area contributed by atoms with Gasteiger partial charge in [-0.15, -0.1) is 0 Å². The van der Waals surface area contributed by atoms with Gasteiger partial charge in [0.2, 0.25) is 0 Å². The second kappa shape index (κ2) is 47.9. The Morgan fingerprint density at radius 2 is 0.541 bits per heavy atom. The minimum Gasteiger partial charge on any atom is -0.462 e. The molecule has 0 N–H and O–H groups in total. The molecular weight excluding hydrogens is 757 g/mol. The van der Waals surface area contributed by atoms with Crippen molar-refractivity contribution >= 4 is 17.9 Å². The van der Waals surface area contributed by atoms with Gasteiger partial charge in [0, 0.05) is 19.3 Å². The van der Waals surface area contributed by atoms with E-state index in [1.807, 2.05) is 0 Å². The Balaban J connectivity index is 4.18. The number of carbonyl (C=O) groups is 3. The van der Waals surface area contributed by atoms with E-state index >= 15 is 0 Å². The molecule has 0 aliphatic rings. The molecule has 0 amide bonds. The summed E-state index contributed by atoms with van der Waals surface area (Å²) in [5.41, 5.74) is 0. The van der Waals surface area contributed by atoms with Crippen LogP contribution in [-0.2, 0) is 28.6 Å². The van der Waals surface area contributed by atoms with E-state index in [0.717, 1.165) is 69.6 Å². The van der Waals surface area contributed by atoms with Crippen molar-refractivity contribution in [3.8, 4) is 0 Å². The SMILES string of the molecule is CCCCCCCCCCCCCCC(=O)OC[C@H](COC(=O)CCCCCCCCCCCCCCCCCCCCC(C)C)OC(=O)CCCCCCCCCC(C)C. The first-order valence-corrected chi connectivity index (χ1v) is 27.2. The Bertz CT molecular complexity index is 931. The Kier molecular flexibility index (Phi) is 46.6. The highest BCUT2D eigenvalue weighted by Crippen LogP contribution is 2.18. The van der Waals surface area contributed by atoms with Crippen molar-refractivity contribution in [1.82, 2.24) is 0 Å². The maximum absolute atomic E-state index is 12.7. The Labute approximate surface area is 380 Å². The van der Waals surface area contributed by atoms with Crippen molar-refractivity contribution in [2.75, 3.05) is 13.2 Å². The lowest BCUT2D eigenvalue weighted by Gasteiger charge is -2.18. The van der Waals surface area contributed by atoms with Crippen LogP contribution in [0.3, 0.4) is 0 Å². The molecule has 0 unspecified atom stereocenters. The molecule has 61 heavy (non-hydrogen) atoms.